The number of rotatable bonds is 6. The minimum absolute atomic E-state index is 0.0587. The highest BCUT2D eigenvalue weighted by molar-refractivity contribution is 7.89. The molecule has 0 atom stereocenters. The molecule has 154 valence electrons. The minimum atomic E-state index is -3.86. The highest BCUT2D eigenvalue weighted by Crippen LogP contribution is 2.32. The van der Waals surface area contributed by atoms with Crippen LogP contribution in [0.1, 0.15) is 6.92 Å². The number of benzene rings is 2. The molecule has 0 fully saturated rings. The van der Waals surface area contributed by atoms with Crippen LogP contribution in [0.3, 0.4) is 0 Å². The van der Waals surface area contributed by atoms with Crippen LogP contribution >= 0.6 is 0 Å². The normalized spacial score (nSPS) is 11.6. The number of nitrogens with two attached hydrogens (primary N) is 1. The maximum atomic E-state index is 14.7. The number of H-pyrrole nitrogens is 1. The molecule has 0 saturated carbocycles. The summed E-state index contributed by atoms with van der Waals surface area (Å²) in [6.45, 7) is 2.32. The van der Waals surface area contributed by atoms with Crippen LogP contribution in [0.15, 0.2) is 59.8 Å². The zero-order valence-corrected chi connectivity index (χ0v) is 16.7. The number of nitrogens with one attached hydrogen (secondary N) is 2. The van der Waals surface area contributed by atoms with E-state index in [0.717, 1.165) is 22.8 Å². The first kappa shape index (κ1) is 19.7. The van der Waals surface area contributed by atoms with E-state index in [1.54, 1.807) is 17.2 Å². The van der Waals surface area contributed by atoms with Crippen molar-refractivity contribution in [2.75, 3.05) is 16.8 Å². The molecule has 2 aromatic carbocycles. The molecule has 30 heavy (non-hydrogen) atoms. The van der Waals surface area contributed by atoms with Gasteiger partial charge in [0, 0.05) is 17.6 Å². The van der Waals surface area contributed by atoms with Crippen LogP contribution in [0.4, 0.5) is 27.5 Å². The standard InChI is InChI=1S/C19H18FN7O2S/c1-2-27(17-8-4-7-16-14(17)10-23-26-16)18-15(20)11-22-19(25-18)24-12-5-3-6-13(9-12)30(21,28)29/h3-11H,2H2,1H3,(H,23,26)(H2,21,28,29)(H,22,24,25). The Hall–Kier alpha value is -3.57. The van der Waals surface area contributed by atoms with Crippen LogP contribution in [-0.2, 0) is 10.0 Å². The van der Waals surface area contributed by atoms with Crippen LogP contribution in [0, 0.1) is 5.82 Å². The summed E-state index contributed by atoms with van der Waals surface area (Å²) in [7, 11) is -3.86. The van der Waals surface area contributed by atoms with Gasteiger partial charge in [-0.25, -0.2) is 22.9 Å². The number of sulfonamides is 1. The highest BCUT2D eigenvalue weighted by Gasteiger charge is 2.18. The maximum Gasteiger partial charge on any atom is 0.238 e. The fourth-order valence-corrected chi connectivity index (χ4v) is 3.67. The second-order valence-electron chi connectivity index (χ2n) is 6.42. The number of primary sulfonamides is 1. The highest BCUT2D eigenvalue weighted by atomic mass is 32.2. The van der Waals surface area contributed by atoms with E-state index in [1.165, 1.54) is 18.2 Å². The van der Waals surface area contributed by atoms with Gasteiger partial charge in [0.05, 0.1) is 28.5 Å². The number of aromatic nitrogens is 4. The number of nitrogens with zero attached hydrogens (tertiary/aromatic N) is 4. The first-order valence-corrected chi connectivity index (χ1v) is 10.5. The van der Waals surface area contributed by atoms with Crippen molar-refractivity contribution in [2.24, 2.45) is 5.14 Å². The van der Waals surface area contributed by atoms with Crippen molar-refractivity contribution in [1.29, 1.82) is 0 Å². The minimum Gasteiger partial charge on any atom is -0.324 e. The maximum absolute atomic E-state index is 14.7. The fourth-order valence-electron chi connectivity index (χ4n) is 3.11. The molecular weight excluding hydrogens is 409 g/mol. The summed E-state index contributed by atoms with van der Waals surface area (Å²) < 4.78 is 37.8. The van der Waals surface area contributed by atoms with Crippen LogP contribution in [0.5, 0.6) is 0 Å². The van der Waals surface area contributed by atoms with E-state index >= 15 is 0 Å². The van der Waals surface area contributed by atoms with Gasteiger partial charge in [-0.15, -0.1) is 0 Å². The molecule has 2 aromatic heterocycles. The van der Waals surface area contributed by atoms with Gasteiger partial charge < -0.3 is 10.2 Å². The lowest BCUT2D eigenvalue weighted by Gasteiger charge is -2.23. The Bertz CT molecular complexity index is 1320. The van der Waals surface area contributed by atoms with E-state index in [-0.39, 0.29) is 16.7 Å². The van der Waals surface area contributed by atoms with Gasteiger partial charge in [0.25, 0.3) is 0 Å². The zero-order valence-electron chi connectivity index (χ0n) is 15.9. The molecule has 9 nitrogen and oxygen atoms in total. The largest absolute Gasteiger partial charge is 0.324 e. The van der Waals surface area contributed by atoms with Gasteiger partial charge >= 0.3 is 0 Å². The summed E-state index contributed by atoms with van der Waals surface area (Å²) in [5.74, 6) is -0.414. The number of hydrogen-bond acceptors (Lipinski definition) is 7. The molecule has 4 N–H and O–H groups in total. The van der Waals surface area contributed by atoms with Crippen molar-refractivity contribution in [1.82, 2.24) is 20.2 Å². The van der Waals surface area contributed by atoms with E-state index in [9.17, 15) is 12.8 Å². The summed E-state index contributed by atoms with van der Waals surface area (Å²) in [4.78, 5) is 9.93. The molecule has 0 unspecified atom stereocenters. The van der Waals surface area contributed by atoms with Crippen molar-refractivity contribution in [3.05, 3.63) is 60.7 Å². The third kappa shape index (κ3) is 3.80. The number of hydrogen-bond donors (Lipinski definition) is 3. The Balaban J connectivity index is 1.72. The van der Waals surface area contributed by atoms with Gasteiger partial charge in [-0.1, -0.05) is 12.1 Å². The number of anilines is 4. The summed E-state index contributed by atoms with van der Waals surface area (Å²) >= 11 is 0. The van der Waals surface area contributed by atoms with Crippen molar-refractivity contribution in [3.63, 3.8) is 0 Å². The second kappa shape index (κ2) is 7.69. The number of aromatic amines is 1. The zero-order chi connectivity index (χ0) is 21.3. The molecule has 0 radical (unpaired) electrons. The average molecular weight is 427 g/mol. The molecule has 4 rings (SSSR count). The monoisotopic (exact) mass is 427 g/mol. The van der Waals surface area contributed by atoms with Gasteiger partial charge in [0.2, 0.25) is 16.0 Å². The Labute approximate surface area is 171 Å². The van der Waals surface area contributed by atoms with Gasteiger partial charge in [0.15, 0.2) is 11.6 Å². The molecule has 2 heterocycles. The number of fused-ring (bicyclic) bond motifs is 1. The Morgan fingerprint density at radius 3 is 2.77 bits per heavy atom. The van der Waals surface area contributed by atoms with E-state index in [4.69, 9.17) is 5.14 Å². The van der Waals surface area contributed by atoms with Crippen LogP contribution in [0.2, 0.25) is 0 Å². The SMILES string of the molecule is CCN(c1nc(Nc2cccc(S(N)(=O)=O)c2)ncc1F)c1cccc2[nH]ncc12. The van der Waals surface area contributed by atoms with Gasteiger partial charge in [-0.3, -0.25) is 5.10 Å². The molecule has 0 aliphatic carbocycles. The molecular formula is C19H18FN7O2S. The van der Waals surface area contributed by atoms with E-state index in [2.05, 4.69) is 25.5 Å². The summed E-state index contributed by atoms with van der Waals surface area (Å²) in [5.41, 5.74) is 1.96. The first-order valence-electron chi connectivity index (χ1n) is 8.99. The van der Waals surface area contributed by atoms with Gasteiger partial charge in [-0.2, -0.15) is 10.1 Å². The predicted molar refractivity (Wildman–Crippen MR) is 112 cm³/mol. The van der Waals surface area contributed by atoms with Crippen molar-refractivity contribution in [3.8, 4) is 0 Å². The Kier molecular flexibility index (Phi) is 5.06. The average Bonchev–Trinajstić information content (AvgIpc) is 3.20. The smallest absolute Gasteiger partial charge is 0.238 e. The van der Waals surface area contributed by atoms with E-state index < -0.39 is 15.8 Å². The lowest BCUT2D eigenvalue weighted by atomic mass is 10.2. The van der Waals surface area contributed by atoms with E-state index in [1.807, 2.05) is 25.1 Å². The quantitative estimate of drug-likeness (QED) is 0.431. The van der Waals surface area contributed by atoms with Crippen molar-refractivity contribution < 1.29 is 12.8 Å². The van der Waals surface area contributed by atoms with Crippen molar-refractivity contribution >= 4 is 44.1 Å². The molecule has 0 spiro atoms. The van der Waals surface area contributed by atoms with Gasteiger partial charge in [0.1, 0.15) is 0 Å². The Morgan fingerprint density at radius 2 is 2.00 bits per heavy atom. The van der Waals surface area contributed by atoms with E-state index in [0.29, 0.717) is 12.2 Å². The summed E-state index contributed by atoms with van der Waals surface area (Å²) in [6, 6.07) is 11.5. The summed E-state index contributed by atoms with van der Waals surface area (Å²) in [5, 5.41) is 15.8. The molecule has 4 aromatic rings. The molecule has 0 aliphatic heterocycles. The van der Waals surface area contributed by atoms with Crippen LogP contribution in [0.25, 0.3) is 10.9 Å². The topological polar surface area (TPSA) is 130 Å². The van der Waals surface area contributed by atoms with Crippen LogP contribution in [-0.4, -0.2) is 35.1 Å². The van der Waals surface area contributed by atoms with Crippen LogP contribution < -0.4 is 15.4 Å². The fraction of sp³-hybridized carbons (Fsp3) is 0.105. The van der Waals surface area contributed by atoms with Gasteiger partial charge in [-0.05, 0) is 37.3 Å². The molecule has 0 bridgehead atoms. The molecule has 11 heteroatoms. The number of halogens is 1. The lowest BCUT2D eigenvalue weighted by molar-refractivity contribution is 0.598. The Morgan fingerprint density at radius 1 is 1.20 bits per heavy atom. The third-order valence-corrected chi connectivity index (χ3v) is 5.38. The summed E-state index contributed by atoms with van der Waals surface area (Å²) in [6.07, 6.45) is 2.73. The molecule has 0 amide bonds. The van der Waals surface area contributed by atoms with Crippen molar-refractivity contribution in [2.45, 2.75) is 11.8 Å². The molecule has 0 aliphatic rings. The third-order valence-electron chi connectivity index (χ3n) is 4.47. The first-order chi connectivity index (χ1) is 14.4. The second-order valence-corrected chi connectivity index (χ2v) is 7.98. The lowest BCUT2D eigenvalue weighted by Crippen LogP contribution is -2.20. The predicted octanol–water partition coefficient (Wildman–Crippen LogP) is 3.04. The molecule has 0 saturated heterocycles.